The number of Topliss-reactive ketones (excluding diaryl/α,β-unsaturated/α-hetero) is 1. The van der Waals surface area contributed by atoms with Crippen LogP contribution in [0.3, 0.4) is 0 Å². The van der Waals surface area contributed by atoms with Gasteiger partial charge in [-0.3, -0.25) is 15.0 Å². The predicted octanol–water partition coefficient (Wildman–Crippen LogP) is 3.74. The Kier molecular flexibility index (Phi) is 6.83. The van der Waals surface area contributed by atoms with E-state index in [9.17, 15) is 14.0 Å². The Morgan fingerprint density at radius 1 is 1.09 bits per heavy atom. The summed E-state index contributed by atoms with van der Waals surface area (Å²) in [5.41, 5.74) is 1.55. The molecule has 3 aromatic rings. The fraction of sp³-hybridized carbons (Fsp3) is 0.200. The number of ketones is 1. The van der Waals surface area contributed by atoms with Crippen LogP contribution in [0.4, 0.5) is 10.1 Å². The Hall–Kier alpha value is -3.85. The van der Waals surface area contributed by atoms with E-state index >= 15 is 0 Å². The molecular weight excluding hydrogens is 453 g/mol. The summed E-state index contributed by atoms with van der Waals surface area (Å²) in [4.78, 5) is 33.6. The smallest absolute Gasteiger partial charge is 0.295 e. The van der Waals surface area contributed by atoms with E-state index in [-0.39, 0.29) is 24.2 Å². The van der Waals surface area contributed by atoms with Crippen LogP contribution in [0.2, 0.25) is 0 Å². The van der Waals surface area contributed by atoms with Crippen LogP contribution in [0.1, 0.15) is 11.1 Å². The minimum atomic E-state index is -0.849. The molecule has 1 fully saturated rings. The van der Waals surface area contributed by atoms with E-state index in [2.05, 4.69) is 16.9 Å². The molecule has 2 N–H and O–H groups in total. The fourth-order valence-corrected chi connectivity index (χ4v) is 4.63. The molecule has 7 nitrogen and oxygen atoms in total. The molecule has 2 aromatic carbocycles. The third-order valence-corrected chi connectivity index (χ3v) is 6.57. The van der Waals surface area contributed by atoms with Gasteiger partial charge in [0.05, 0.1) is 5.69 Å². The van der Waals surface area contributed by atoms with Gasteiger partial charge >= 0.3 is 0 Å². The van der Waals surface area contributed by atoms with Gasteiger partial charge in [0.1, 0.15) is 16.7 Å². The normalized spacial score (nSPS) is 13.5. The van der Waals surface area contributed by atoms with E-state index in [1.54, 1.807) is 24.7 Å². The maximum absolute atomic E-state index is 14.9. The fourth-order valence-electron chi connectivity index (χ4n) is 3.96. The van der Waals surface area contributed by atoms with Crippen LogP contribution in [0.15, 0.2) is 60.6 Å². The SMILES string of the molecule is C=C(C(=O)C(=O)N1CCN(C(=N)c2ccccc2)CC1)c1c(F)ccc(-c2nccs2)c1NC. The first kappa shape index (κ1) is 23.3. The predicted molar refractivity (Wildman–Crippen MR) is 133 cm³/mol. The zero-order chi connectivity index (χ0) is 24.2. The molecule has 0 atom stereocenters. The maximum Gasteiger partial charge on any atom is 0.295 e. The van der Waals surface area contributed by atoms with Crippen molar-refractivity contribution in [1.82, 2.24) is 14.8 Å². The summed E-state index contributed by atoms with van der Waals surface area (Å²) in [6, 6.07) is 12.2. The third-order valence-electron chi connectivity index (χ3n) is 5.77. The molecule has 34 heavy (non-hydrogen) atoms. The molecule has 0 radical (unpaired) electrons. The second-order valence-electron chi connectivity index (χ2n) is 7.73. The number of piperazine rings is 1. The molecule has 174 valence electrons. The van der Waals surface area contributed by atoms with Gasteiger partial charge in [-0.25, -0.2) is 9.37 Å². The maximum atomic E-state index is 14.9. The number of carbonyl (C=O) groups is 2. The van der Waals surface area contributed by atoms with Crippen molar-refractivity contribution in [2.45, 2.75) is 0 Å². The molecule has 4 rings (SSSR count). The van der Waals surface area contributed by atoms with Crippen molar-refractivity contribution in [1.29, 1.82) is 5.41 Å². The van der Waals surface area contributed by atoms with Crippen LogP contribution >= 0.6 is 11.3 Å². The van der Waals surface area contributed by atoms with Crippen molar-refractivity contribution in [3.63, 3.8) is 0 Å². The number of amides is 1. The zero-order valence-corrected chi connectivity index (χ0v) is 19.5. The monoisotopic (exact) mass is 477 g/mol. The van der Waals surface area contributed by atoms with E-state index in [4.69, 9.17) is 5.41 Å². The third kappa shape index (κ3) is 4.47. The van der Waals surface area contributed by atoms with Gasteiger partial charge in [0.25, 0.3) is 11.7 Å². The van der Waals surface area contributed by atoms with Crippen molar-refractivity contribution in [2.75, 3.05) is 38.5 Å². The summed E-state index contributed by atoms with van der Waals surface area (Å²) >= 11 is 1.38. The molecule has 1 amide bonds. The van der Waals surface area contributed by atoms with Crippen molar-refractivity contribution in [3.05, 3.63) is 77.6 Å². The van der Waals surface area contributed by atoms with Gasteiger partial charge in [0.15, 0.2) is 0 Å². The Bertz CT molecular complexity index is 1240. The number of thiazole rings is 1. The van der Waals surface area contributed by atoms with Crippen LogP contribution in [0.25, 0.3) is 16.1 Å². The van der Waals surface area contributed by atoms with Crippen LogP contribution in [-0.4, -0.2) is 65.5 Å². The van der Waals surface area contributed by atoms with Crippen molar-refractivity contribution < 1.29 is 14.0 Å². The average Bonchev–Trinajstić information content (AvgIpc) is 3.42. The highest BCUT2D eigenvalue weighted by molar-refractivity contribution is 7.13. The lowest BCUT2D eigenvalue weighted by molar-refractivity contribution is -0.142. The summed E-state index contributed by atoms with van der Waals surface area (Å²) in [7, 11) is 1.62. The van der Waals surface area contributed by atoms with Crippen molar-refractivity contribution in [3.8, 4) is 10.6 Å². The van der Waals surface area contributed by atoms with Crippen molar-refractivity contribution >= 4 is 40.1 Å². The number of nitrogens with one attached hydrogen (secondary N) is 2. The topological polar surface area (TPSA) is 89.4 Å². The number of aromatic nitrogens is 1. The van der Waals surface area contributed by atoms with Gasteiger partial charge in [0.2, 0.25) is 0 Å². The molecule has 1 aliphatic rings. The number of halogens is 1. The lowest BCUT2D eigenvalue weighted by atomic mass is 9.96. The lowest BCUT2D eigenvalue weighted by Crippen LogP contribution is -2.52. The number of rotatable bonds is 6. The quantitative estimate of drug-likeness (QED) is 0.244. The number of nitrogens with zero attached hydrogens (tertiary/aromatic N) is 3. The molecule has 1 saturated heterocycles. The summed E-state index contributed by atoms with van der Waals surface area (Å²) in [6.07, 6.45) is 1.64. The van der Waals surface area contributed by atoms with Gasteiger partial charge < -0.3 is 15.1 Å². The van der Waals surface area contributed by atoms with Gasteiger partial charge in [-0.05, 0) is 12.1 Å². The van der Waals surface area contributed by atoms with Crippen LogP contribution in [0, 0.1) is 11.2 Å². The molecule has 0 bridgehead atoms. The van der Waals surface area contributed by atoms with E-state index in [1.807, 2.05) is 35.2 Å². The number of hydrogen-bond acceptors (Lipinski definition) is 6. The Balaban J connectivity index is 1.49. The van der Waals surface area contributed by atoms with E-state index in [0.717, 1.165) is 5.56 Å². The van der Waals surface area contributed by atoms with E-state index in [1.165, 1.54) is 22.3 Å². The first-order valence-corrected chi connectivity index (χ1v) is 11.6. The molecule has 0 spiro atoms. The highest BCUT2D eigenvalue weighted by atomic mass is 32.1. The average molecular weight is 478 g/mol. The summed E-state index contributed by atoms with van der Waals surface area (Å²) in [5, 5.41) is 13.8. The lowest BCUT2D eigenvalue weighted by Gasteiger charge is -2.36. The highest BCUT2D eigenvalue weighted by Crippen LogP contribution is 2.37. The molecule has 0 unspecified atom stereocenters. The largest absolute Gasteiger partial charge is 0.387 e. The summed E-state index contributed by atoms with van der Waals surface area (Å²) in [5.74, 6) is -1.84. The van der Waals surface area contributed by atoms with Crippen molar-refractivity contribution in [2.24, 2.45) is 0 Å². The second-order valence-corrected chi connectivity index (χ2v) is 8.63. The first-order chi connectivity index (χ1) is 16.4. The minimum Gasteiger partial charge on any atom is -0.387 e. The van der Waals surface area contributed by atoms with Gasteiger partial charge in [-0.1, -0.05) is 36.9 Å². The Labute approximate surface area is 201 Å². The number of benzene rings is 2. The van der Waals surface area contributed by atoms with Crippen LogP contribution < -0.4 is 5.32 Å². The number of carbonyl (C=O) groups excluding carboxylic acids is 2. The number of amidine groups is 1. The van der Waals surface area contributed by atoms with E-state index in [0.29, 0.717) is 35.2 Å². The summed E-state index contributed by atoms with van der Waals surface area (Å²) < 4.78 is 14.9. The molecule has 2 heterocycles. The number of anilines is 1. The Morgan fingerprint density at radius 2 is 1.76 bits per heavy atom. The molecule has 1 aromatic heterocycles. The molecular formula is C25H24FN5O2S. The standard InChI is InChI=1S/C25H24FN5O2S/c1-16(20-19(26)9-8-18(21(20)28-2)24-29-10-15-34-24)22(32)25(33)31-13-11-30(12-14-31)23(27)17-6-4-3-5-7-17/h3-10,15,27-28H,1,11-14H2,2H3. The molecule has 0 saturated carbocycles. The Morgan fingerprint density at radius 3 is 2.38 bits per heavy atom. The van der Waals surface area contributed by atoms with Crippen LogP contribution in [-0.2, 0) is 9.59 Å². The summed E-state index contributed by atoms with van der Waals surface area (Å²) in [6.45, 7) is 5.20. The van der Waals surface area contributed by atoms with Gasteiger partial charge in [0, 0.05) is 67.1 Å². The second kappa shape index (κ2) is 9.96. The molecule has 9 heteroatoms. The molecule has 0 aliphatic carbocycles. The zero-order valence-electron chi connectivity index (χ0n) is 18.7. The van der Waals surface area contributed by atoms with Gasteiger partial charge in [-0.2, -0.15) is 0 Å². The molecule has 1 aliphatic heterocycles. The number of hydrogen-bond donors (Lipinski definition) is 2. The van der Waals surface area contributed by atoms with E-state index < -0.39 is 17.5 Å². The van der Waals surface area contributed by atoms with Crippen LogP contribution in [0.5, 0.6) is 0 Å². The minimum absolute atomic E-state index is 0.0296. The highest BCUT2D eigenvalue weighted by Gasteiger charge is 2.31. The first-order valence-electron chi connectivity index (χ1n) is 10.7. The van der Waals surface area contributed by atoms with Gasteiger partial charge in [-0.15, -0.1) is 11.3 Å².